The minimum Gasteiger partial charge on any atom is -0.454 e. The van der Waals surface area contributed by atoms with Gasteiger partial charge >= 0.3 is 0 Å². The van der Waals surface area contributed by atoms with Gasteiger partial charge in [0.2, 0.25) is 6.79 Å². The van der Waals surface area contributed by atoms with E-state index in [1.54, 1.807) is 0 Å². The lowest BCUT2D eigenvalue weighted by molar-refractivity contribution is 0.0942. The summed E-state index contributed by atoms with van der Waals surface area (Å²) in [6, 6.07) is 3.76. The molecule has 5 nitrogen and oxygen atoms in total. The van der Waals surface area contributed by atoms with Gasteiger partial charge < -0.3 is 25.0 Å². The van der Waals surface area contributed by atoms with Crippen molar-refractivity contribution in [1.29, 1.82) is 0 Å². The molecule has 1 heterocycles. The number of fused-ring (bicyclic) bond motifs is 1. The first-order valence-corrected chi connectivity index (χ1v) is 6.07. The maximum absolute atomic E-state index is 9.19. The van der Waals surface area contributed by atoms with Crippen molar-refractivity contribution in [2.24, 2.45) is 0 Å². The summed E-state index contributed by atoms with van der Waals surface area (Å²) in [7, 11) is 0. The largest absolute Gasteiger partial charge is 0.454 e. The molecule has 94 valence electrons. The molecule has 0 fully saturated rings. The number of ether oxygens (including phenoxy) is 2. The maximum Gasteiger partial charge on any atom is 0.231 e. The van der Waals surface area contributed by atoms with Crippen LogP contribution in [0.2, 0.25) is 0 Å². The molecule has 0 saturated heterocycles. The highest BCUT2D eigenvalue weighted by Gasteiger charge is 2.16. The summed E-state index contributed by atoms with van der Waals surface area (Å²) in [5.74, 6) is 1.46. The summed E-state index contributed by atoms with van der Waals surface area (Å²) in [4.78, 5) is 0. The van der Waals surface area contributed by atoms with Crippen molar-refractivity contribution >= 4 is 15.9 Å². The van der Waals surface area contributed by atoms with Crippen LogP contribution in [0.25, 0.3) is 0 Å². The molecule has 6 heteroatoms. The Morgan fingerprint density at radius 2 is 2.06 bits per heavy atom. The number of hydrogen-bond donors (Lipinski definition) is 3. The molecule has 1 unspecified atom stereocenters. The predicted octanol–water partition coefficient (Wildman–Crippen LogP) is 0.621. The molecular formula is C11H14BrNO4. The van der Waals surface area contributed by atoms with Crippen LogP contribution in [0.5, 0.6) is 11.5 Å². The summed E-state index contributed by atoms with van der Waals surface area (Å²) in [5.41, 5.74) is 1.01. The molecule has 3 N–H and O–H groups in total. The average molecular weight is 304 g/mol. The fraction of sp³-hybridized carbons (Fsp3) is 0.455. The van der Waals surface area contributed by atoms with Crippen LogP contribution in [0, 0.1) is 0 Å². The molecule has 17 heavy (non-hydrogen) atoms. The van der Waals surface area contributed by atoms with Crippen molar-refractivity contribution in [3.63, 3.8) is 0 Å². The molecule has 1 aromatic rings. The van der Waals surface area contributed by atoms with Crippen LogP contribution in [-0.4, -0.2) is 36.3 Å². The minimum absolute atomic E-state index is 0.241. The zero-order chi connectivity index (χ0) is 12.3. The molecule has 0 amide bonds. The normalized spacial score (nSPS) is 15.0. The topological polar surface area (TPSA) is 71.0 Å². The van der Waals surface area contributed by atoms with Gasteiger partial charge in [-0.05, 0) is 17.7 Å². The van der Waals surface area contributed by atoms with Gasteiger partial charge in [0, 0.05) is 17.6 Å². The summed E-state index contributed by atoms with van der Waals surface area (Å²) < 4.78 is 11.5. The third-order valence-electron chi connectivity index (χ3n) is 2.45. The second kappa shape index (κ2) is 5.68. The van der Waals surface area contributed by atoms with Crippen LogP contribution in [0.15, 0.2) is 16.6 Å². The molecule has 1 aliphatic heterocycles. The SMILES string of the molecule is OCC(O)CNCc1cc2c(cc1Br)OCO2. The molecule has 0 spiro atoms. The van der Waals surface area contributed by atoms with Crippen LogP contribution < -0.4 is 14.8 Å². The molecule has 1 aliphatic rings. The number of aliphatic hydroxyl groups is 2. The molecule has 0 radical (unpaired) electrons. The average Bonchev–Trinajstić information content (AvgIpc) is 2.76. The van der Waals surface area contributed by atoms with Crippen molar-refractivity contribution in [2.75, 3.05) is 19.9 Å². The zero-order valence-electron chi connectivity index (χ0n) is 9.15. The van der Waals surface area contributed by atoms with Crippen LogP contribution in [0.3, 0.4) is 0 Å². The monoisotopic (exact) mass is 303 g/mol. The van der Waals surface area contributed by atoms with E-state index in [2.05, 4.69) is 21.2 Å². The van der Waals surface area contributed by atoms with E-state index in [4.69, 9.17) is 14.6 Å². The molecule has 0 aromatic heterocycles. The minimum atomic E-state index is -0.734. The van der Waals surface area contributed by atoms with Gasteiger partial charge in [-0.3, -0.25) is 0 Å². The Hall–Kier alpha value is -0.820. The number of benzene rings is 1. The lowest BCUT2D eigenvalue weighted by Crippen LogP contribution is -2.29. The molecule has 0 aliphatic carbocycles. The summed E-state index contributed by atoms with van der Waals surface area (Å²) in [5, 5.41) is 20.9. The Kier molecular flexibility index (Phi) is 4.22. The van der Waals surface area contributed by atoms with E-state index in [0.29, 0.717) is 13.1 Å². The molecule has 0 bridgehead atoms. The first-order valence-electron chi connectivity index (χ1n) is 5.28. The van der Waals surface area contributed by atoms with Crippen LogP contribution >= 0.6 is 15.9 Å². The Bertz CT molecular complexity index is 399. The van der Waals surface area contributed by atoms with E-state index in [0.717, 1.165) is 21.5 Å². The van der Waals surface area contributed by atoms with Crippen molar-refractivity contribution in [3.05, 3.63) is 22.2 Å². The second-order valence-corrected chi connectivity index (χ2v) is 4.62. The Morgan fingerprint density at radius 1 is 1.35 bits per heavy atom. The molecule has 2 rings (SSSR count). The summed E-state index contributed by atoms with van der Waals surface area (Å²) >= 11 is 3.45. The fourth-order valence-electron chi connectivity index (χ4n) is 1.53. The summed E-state index contributed by atoms with van der Waals surface area (Å²) in [6.45, 7) is 0.933. The van der Waals surface area contributed by atoms with Crippen molar-refractivity contribution in [2.45, 2.75) is 12.6 Å². The van der Waals surface area contributed by atoms with E-state index in [1.807, 2.05) is 12.1 Å². The maximum atomic E-state index is 9.19. The molecule has 1 atom stereocenters. The quantitative estimate of drug-likeness (QED) is 0.744. The number of rotatable bonds is 5. The Labute approximate surface area is 107 Å². The van der Waals surface area contributed by atoms with Gasteiger partial charge in [0.05, 0.1) is 12.7 Å². The van der Waals surface area contributed by atoms with E-state index in [1.165, 1.54) is 0 Å². The van der Waals surface area contributed by atoms with Gasteiger partial charge in [-0.1, -0.05) is 15.9 Å². The molecule has 1 aromatic carbocycles. The van der Waals surface area contributed by atoms with Gasteiger partial charge in [0.25, 0.3) is 0 Å². The van der Waals surface area contributed by atoms with Gasteiger partial charge in [0.15, 0.2) is 11.5 Å². The first kappa shape index (κ1) is 12.6. The highest BCUT2D eigenvalue weighted by Crippen LogP contribution is 2.36. The predicted molar refractivity (Wildman–Crippen MR) is 65.1 cm³/mol. The standard InChI is InChI=1S/C11H14BrNO4/c12-9-2-11-10(16-6-17-11)1-7(9)3-13-4-8(15)5-14/h1-2,8,13-15H,3-6H2. The van der Waals surface area contributed by atoms with E-state index >= 15 is 0 Å². The Balaban J connectivity index is 1.97. The number of hydrogen-bond acceptors (Lipinski definition) is 5. The van der Waals surface area contributed by atoms with Crippen LogP contribution in [-0.2, 0) is 6.54 Å². The van der Waals surface area contributed by atoms with Crippen LogP contribution in [0.4, 0.5) is 0 Å². The number of halogens is 1. The van der Waals surface area contributed by atoms with E-state index in [9.17, 15) is 5.11 Å². The van der Waals surface area contributed by atoms with Crippen molar-refractivity contribution < 1.29 is 19.7 Å². The first-order chi connectivity index (χ1) is 8.20. The highest BCUT2D eigenvalue weighted by atomic mass is 79.9. The second-order valence-electron chi connectivity index (χ2n) is 3.76. The lowest BCUT2D eigenvalue weighted by atomic mass is 10.2. The lowest BCUT2D eigenvalue weighted by Gasteiger charge is -2.10. The smallest absolute Gasteiger partial charge is 0.231 e. The zero-order valence-corrected chi connectivity index (χ0v) is 10.7. The van der Waals surface area contributed by atoms with Gasteiger partial charge in [0.1, 0.15) is 0 Å². The Morgan fingerprint density at radius 3 is 2.76 bits per heavy atom. The van der Waals surface area contributed by atoms with Gasteiger partial charge in [-0.2, -0.15) is 0 Å². The molecule has 0 saturated carbocycles. The van der Waals surface area contributed by atoms with Crippen molar-refractivity contribution in [1.82, 2.24) is 5.32 Å². The third-order valence-corrected chi connectivity index (χ3v) is 3.19. The highest BCUT2D eigenvalue weighted by molar-refractivity contribution is 9.10. The van der Waals surface area contributed by atoms with E-state index < -0.39 is 6.10 Å². The number of nitrogens with one attached hydrogen (secondary N) is 1. The van der Waals surface area contributed by atoms with Gasteiger partial charge in [-0.25, -0.2) is 0 Å². The van der Waals surface area contributed by atoms with Gasteiger partial charge in [-0.15, -0.1) is 0 Å². The van der Waals surface area contributed by atoms with Crippen molar-refractivity contribution in [3.8, 4) is 11.5 Å². The van der Waals surface area contributed by atoms with Crippen LogP contribution in [0.1, 0.15) is 5.56 Å². The fourth-order valence-corrected chi connectivity index (χ4v) is 2.00. The summed E-state index contributed by atoms with van der Waals surface area (Å²) in [6.07, 6.45) is -0.734. The van der Waals surface area contributed by atoms with E-state index in [-0.39, 0.29) is 13.4 Å². The third kappa shape index (κ3) is 3.10. The number of aliphatic hydroxyl groups excluding tert-OH is 2. The molecular weight excluding hydrogens is 290 g/mol.